The number of benzene rings is 1. The van der Waals surface area contributed by atoms with Crippen LogP contribution < -0.4 is 5.32 Å². The first-order valence-electron chi connectivity index (χ1n) is 5.72. The van der Waals surface area contributed by atoms with E-state index in [4.69, 9.17) is 5.26 Å². The average molecular weight is 277 g/mol. The molecule has 6 heteroatoms. The van der Waals surface area contributed by atoms with E-state index in [1.165, 1.54) is 18.2 Å². The highest BCUT2D eigenvalue weighted by atomic mass is 19.4. The van der Waals surface area contributed by atoms with Gasteiger partial charge in [0.1, 0.15) is 11.9 Å². The van der Waals surface area contributed by atoms with Crippen molar-refractivity contribution in [1.82, 2.24) is 4.98 Å². The lowest BCUT2D eigenvalue weighted by Gasteiger charge is -2.09. The monoisotopic (exact) mass is 277 g/mol. The number of rotatable bonds is 2. The van der Waals surface area contributed by atoms with E-state index in [2.05, 4.69) is 10.3 Å². The number of halogens is 3. The van der Waals surface area contributed by atoms with Crippen molar-refractivity contribution in [2.45, 2.75) is 6.18 Å². The molecule has 0 bridgehead atoms. The summed E-state index contributed by atoms with van der Waals surface area (Å²) in [5.74, 6) is 0.336. The third-order valence-corrected chi connectivity index (χ3v) is 2.74. The Kier molecular flexibility index (Phi) is 3.61. The summed E-state index contributed by atoms with van der Waals surface area (Å²) in [5.41, 5.74) is 0.329. The van der Waals surface area contributed by atoms with E-state index in [9.17, 15) is 13.2 Å². The van der Waals surface area contributed by atoms with Crippen LogP contribution in [0.5, 0.6) is 0 Å². The van der Waals surface area contributed by atoms with Crippen LogP contribution in [0.2, 0.25) is 0 Å². The predicted octanol–water partition coefficient (Wildman–Crippen LogP) is 3.68. The Labute approximate surface area is 113 Å². The Morgan fingerprint density at radius 2 is 1.95 bits per heavy atom. The number of nitrogens with one attached hydrogen (secondary N) is 1. The zero-order valence-electron chi connectivity index (χ0n) is 10.5. The van der Waals surface area contributed by atoms with Crippen molar-refractivity contribution in [3.63, 3.8) is 0 Å². The Morgan fingerprint density at radius 3 is 2.55 bits per heavy atom. The van der Waals surface area contributed by atoms with Crippen molar-refractivity contribution < 1.29 is 13.2 Å². The first-order chi connectivity index (χ1) is 9.45. The van der Waals surface area contributed by atoms with E-state index < -0.39 is 11.7 Å². The van der Waals surface area contributed by atoms with Crippen LogP contribution in [0.1, 0.15) is 11.1 Å². The molecule has 0 aliphatic rings. The largest absolute Gasteiger partial charge is 0.416 e. The molecule has 1 heterocycles. The molecule has 0 fully saturated rings. The van der Waals surface area contributed by atoms with E-state index in [0.717, 1.165) is 12.1 Å². The fraction of sp³-hybridized carbons (Fsp3) is 0.143. The van der Waals surface area contributed by atoms with Crippen molar-refractivity contribution >= 4 is 5.82 Å². The minimum absolute atomic E-state index is 0.336. The summed E-state index contributed by atoms with van der Waals surface area (Å²) in [6.07, 6.45) is -4.39. The van der Waals surface area contributed by atoms with Crippen LogP contribution in [0.4, 0.5) is 19.0 Å². The van der Waals surface area contributed by atoms with Gasteiger partial charge in [-0.3, -0.25) is 0 Å². The standard InChI is InChI=1S/C14H10F3N3/c1-19-13-10(8-18)5-6-12(20-13)9-3-2-4-11(7-9)14(15,16)17/h2-7H,1H3,(H,19,20). The summed E-state index contributed by atoms with van der Waals surface area (Å²) in [7, 11) is 1.60. The van der Waals surface area contributed by atoms with Crippen LogP contribution in [-0.2, 0) is 6.18 Å². The van der Waals surface area contributed by atoms with Crippen LogP contribution in [0.3, 0.4) is 0 Å². The number of alkyl halides is 3. The number of aromatic nitrogens is 1. The molecule has 1 N–H and O–H groups in total. The first kappa shape index (κ1) is 13.9. The third kappa shape index (κ3) is 2.72. The predicted molar refractivity (Wildman–Crippen MR) is 68.9 cm³/mol. The minimum Gasteiger partial charge on any atom is -0.372 e. The molecule has 0 aliphatic heterocycles. The van der Waals surface area contributed by atoms with Gasteiger partial charge in [-0.15, -0.1) is 0 Å². The van der Waals surface area contributed by atoms with Crippen LogP contribution in [0.25, 0.3) is 11.3 Å². The maximum absolute atomic E-state index is 12.7. The quantitative estimate of drug-likeness (QED) is 0.910. The summed E-state index contributed by atoms with van der Waals surface area (Å²) < 4.78 is 38.0. The summed E-state index contributed by atoms with van der Waals surface area (Å²) in [6.45, 7) is 0. The second-order valence-corrected chi connectivity index (χ2v) is 4.03. The molecule has 0 atom stereocenters. The first-order valence-corrected chi connectivity index (χ1v) is 5.72. The highest BCUT2D eigenvalue weighted by molar-refractivity contribution is 5.65. The molecule has 0 aliphatic carbocycles. The number of nitriles is 1. The number of nitrogens with zero attached hydrogens (tertiary/aromatic N) is 2. The molecule has 3 nitrogen and oxygen atoms in total. The van der Waals surface area contributed by atoms with Crippen molar-refractivity contribution in [1.29, 1.82) is 5.26 Å². The molecule has 20 heavy (non-hydrogen) atoms. The van der Waals surface area contributed by atoms with E-state index in [1.807, 2.05) is 6.07 Å². The van der Waals surface area contributed by atoms with E-state index in [1.54, 1.807) is 13.1 Å². The number of hydrogen-bond acceptors (Lipinski definition) is 3. The van der Waals surface area contributed by atoms with Gasteiger partial charge in [0.05, 0.1) is 16.8 Å². The van der Waals surface area contributed by atoms with Gasteiger partial charge in [-0.2, -0.15) is 18.4 Å². The van der Waals surface area contributed by atoms with E-state index in [-0.39, 0.29) is 0 Å². The lowest BCUT2D eigenvalue weighted by molar-refractivity contribution is -0.137. The zero-order chi connectivity index (χ0) is 14.8. The molecular weight excluding hydrogens is 267 g/mol. The van der Waals surface area contributed by atoms with Gasteiger partial charge in [0.25, 0.3) is 0 Å². The molecule has 1 aromatic heterocycles. The molecule has 2 rings (SSSR count). The fourth-order valence-electron chi connectivity index (χ4n) is 1.76. The molecule has 0 saturated heterocycles. The molecule has 0 radical (unpaired) electrons. The third-order valence-electron chi connectivity index (χ3n) is 2.74. The molecule has 102 valence electrons. The van der Waals surface area contributed by atoms with Crippen molar-refractivity contribution in [3.05, 3.63) is 47.5 Å². The summed E-state index contributed by atoms with van der Waals surface area (Å²) in [5, 5.41) is 11.6. The fourth-order valence-corrected chi connectivity index (χ4v) is 1.76. The van der Waals surface area contributed by atoms with Gasteiger partial charge in [-0.05, 0) is 24.3 Å². The van der Waals surface area contributed by atoms with Crippen molar-refractivity contribution in [2.24, 2.45) is 0 Å². The number of anilines is 1. The van der Waals surface area contributed by atoms with Crippen LogP contribution >= 0.6 is 0 Å². The number of pyridine rings is 1. The molecule has 0 spiro atoms. The molecule has 0 unspecified atom stereocenters. The molecule has 0 saturated carbocycles. The normalized spacial score (nSPS) is 10.9. The van der Waals surface area contributed by atoms with E-state index in [0.29, 0.717) is 22.6 Å². The smallest absolute Gasteiger partial charge is 0.372 e. The lowest BCUT2D eigenvalue weighted by atomic mass is 10.1. The van der Waals surface area contributed by atoms with Gasteiger partial charge in [-0.25, -0.2) is 4.98 Å². The highest BCUT2D eigenvalue weighted by Crippen LogP contribution is 2.32. The number of hydrogen-bond donors (Lipinski definition) is 1. The van der Waals surface area contributed by atoms with Gasteiger partial charge >= 0.3 is 6.18 Å². The van der Waals surface area contributed by atoms with Crippen molar-refractivity contribution in [3.8, 4) is 17.3 Å². The average Bonchev–Trinajstić information content (AvgIpc) is 2.45. The Hall–Kier alpha value is -2.55. The summed E-state index contributed by atoms with van der Waals surface area (Å²) >= 11 is 0. The zero-order valence-corrected chi connectivity index (χ0v) is 10.5. The maximum atomic E-state index is 12.7. The van der Waals surface area contributed by atoms with E-state index >= 15 is 0 Å². The molecule has 2 aromatic rings. The van der Waals surface area contributed by atoms with Crippen LogP contribution in [0, 0.1) is 11.3 Å². The topological polar surface area (TPSA) is 48.7 Å². The highest BCUT2D eigenvalue weighted by Gasteiger charge is 2.30. The second-order valence-electron chi connectivity index (χ2n) is 4.03. The maximum Gasteiger partial charge on any atom is 0.416 e. The van der Waals surface area contributed by atoms with Crippen molar-refractivity contribution in [2.75, 3.05) is 12.4 Å². The second kappa shape index (κ2) is 5.21. The Morgan fingerprint density at radius 1 is 1.20 bits per heavy atom. The summed E-state index contributed by atoms with van der Waals surface area (Å²) in [6, 6.07) is 9.92. The Balaban J connectivity index is 2.50. The molecule has 0 amide bonds. The van der Waals surface area contributed by atoms with Crippen LogP contribution in [0.15, 0.2) is 36.4 Å². The van der Waals surface area contributed by atoms with Gasteiger partial charge in [-0.1, -0.05) is 12.1 Å². The Bertz CT molecular complexity index is 672. The van der Waals surface area contributed by atoms with Gasteiger partial charge in [0.2, 0.25) is 0 Å². The molecule has 1 aromatic carbocycles. The van der Waals surface area contributed by atoms with Crippen LogP contribution in [-0.4, -0.2) is 12.0 Å². The van der Waals surface area contributed by atoms with Gasteiger partial charge < -0.3 is 5.32 Å². The minimum atomic E-state index is -4.39. The van der Waals surface area contributed by atoms with Gasteiger partial charge in [0, 0.05) is 12.6 Å². The van der Waals surface area contributed by atoms with Gasteiger partial charge in [0.15, 0.2) is 0 Å². The molecular formula is C14H10F3N3. The summed E-state index contributed by atoms with van der Waals surface area (Å²) in [4.78, 5) is 4.15. The SMILES string of the molecule is CNc1nc(-c2cccc(C(F)(F)F)c2)ccc1C#N. The lowest BCUT2D eigenvalue weighted by Crippen LogP contribution is -2.05.